The van der Waals surface area contributed by atoms with Gasteiger partial charge in [-0.1, -0.05) is 53.6 Å². The fraction of sp³-hybridized carbons (Fsp3) is 0.240. The van der Waals surface area contributed by atoms with Crippen molar-refractivity contribution in [2.75, 3.05) is 18.0 Å². The van der Waals surface area contributed by atoms with E-state index in [0.29, 0.717) is 22.0 Å². The number of methoxy groups -OCH3 is 1. The van der Waals surface area contributed by atoms with Crippen molar-refractivity contribution in [2.24, 2.45) is 0 Å². The quantitative estimate of drug-likeness (QED) is 0.484. The molecule has 0 aliphatic carbocycles. The van der Waals surface area contributed by atoms with Crippen molar-refractivity contribution in [3.8, 4) is 5.75 Å². The van der Waals surface area contributed by atoms with Crippen LogP contribution in [-0.2, 0) is 14.8 Å². The molecule has 0 aromatic heterocycles. The molecule has 1 unspecified atom stereocenters. The van der Waals surface area contributed by atoms with E-state index >= 15 is 0 Å². The summed E-state index contributed by atoms with van der Waals surface area (Å²) in [5.41, 5.74) is 2.76. The summed E-state index contributed by atoms with van der Waals surface area (Å²) in [4.78, 5) is 13.1. The predicted octanol–water partition coefficient (Wildman–Crippen LogP) is 5.04. The number of carbonyl (C=O) groups excluding carboxylic acids is 1. The molecule has 0 saturated heterocycles. The SMILES string of the molecule is COc1ccccc1C(C)NC(=O)CN(c1cc(Cl)ccc1C)S(=O)(=O)c1ccc(C)cc1. The molecule has 0 aliphatic heterocycles. The number of benzene rings is 3. The minimum Gasteiger partial charge on any atom is -0.496 e. The van der Waals surface area contributed by atoms with Gasteiger partial charge in [0.05, 0.1) is 23.7 Å². The molecule has 0 radical (unpaired) electrons. The Balaban J connectivity index is 1.95. The van der Waals surface area contributed by atoms with E-state index < -0.39 is 28.5 Å². The summed E-state index contributed by atoms with van der Waals surface area (Å²) in [6, 6.07) is 18.4. The van der Waals surface area contributed by atoms with Crippen LogP contribution in [0, 0.1) is 13.8 Å². The smallest absolute Gasteiger partial charge is 0.264 e. The number of rotatable bonds is 8. The van der Waals surface area contributed by atoms with Crippen molar-refractivity contribution in [3.05, 3.63) is 88.4 Å². The molecule has 0 heterocycles. The first-order chi connectivity index (χ1) is 15.6. The molecule has 3 aromatic carbocycles. The van der Waals surface area contributed by atoms with Crippen LogP contribution in [0.2, 0.25) is 5.02 Å². The van der Waals surface area contributed by atoms with Gasteiger partial charge in [-0.2, -0.15) is 0 Å². The van der Waals surface area contributed by atoms with E-state index in [1.807, 2.05) is 38.1 Å². The van der Waals surface area contributed by atoms with E-state index in [2.05, 4.69) is 5.32 Å². The number of ether oxygens (including phenoxy) is 1. The lowest BCUT2D eigenvalue weighted by molar-refractivity contribution is -0.120. The lowest BCUT2D eigenvalue weighted by Crippen LogP contribution is -2.42. The maximum Gasteiger partial charge on any atom is 0.264 e. The molecule has 0 spiro atoms. The van der Waals surface area contributed by atoms with Crippen LogP contribution in [0.3, 0.4) is 0 Å². The minimum absolute atomic E-state index is 0.0954. The lowest BCUT2D eigenvalue weighted by Gasteiger charge is -2.27. The minimum atomic E-state index is -4.03. The van der Waals surface area contributed by atoms with Gasteiger partial charge >= 0.3 is 0 Å². The second kappa shape index (κ2) is 10.3. The van der Waals surface area contributed by atoms with E-state index in [4.69, 9.17) is 16.3 Å². The summed E-state index contributed by atoms with van der Waals surface area (Å²) in [5, 5.41) is 3.26. The third kappa shape index (κ3) is 5.67. The Hall–Kier alpha value is -3.03. The van der Waals surface area contributed by atoms with Gasteiger partial charge in [0.15, 0.2) is 0 Å². The van der Waals surface area contributed by atoms with Crippen LogP contribution in [0.4, 0.5) is 5.69 Å². The van der Waals surface area contributed by atoms with E-state index in [-0.39, 0.29) is 4.90 Å². The molecule has 6 nitrogen and oxygen atoms in total. The van der Waals surface area contributed by atoms with Gasteiger partial charge in [-0.05, 0) is 56.7 Å². The fourth-order valence-electron chi connectivity index (χ4n) is 3.51. The topological polar surface area (TPSA) is 75.7 Å². The van der Waals surface area contributed by atoms with Gasteiger partial charge < -0.3 is 10.1 Å². The summed E-state index contributed by atoms with van der Waals surface area (Å²) < 4.78 is 33.6. The number of nitrogens with zero attached hydrogens (tertiary/aromatic N) is 1. The third-order valence-corrected chi connectivity index (χ3v) is 7.33. The molecular formula is C25H27ClN2O4S. The highest BCUT2D eigenvalue weighted by Gasteiger charge is 2.29. The molecular weight excluding hydrogens is 460 g/mol. The first-order valence-corrected chi connectivity index (χ1v) is 12.2. The number of anilines is 1. The van der Waals surface area contributed by atoms with Gasteiger partial charge in [0.1, 0.15) is 12.3 Å². The molecule has 1 N–H and O–H groups in total. The average Bonchev–Trinajstić information content (AvgIpc) is 2.79. The maximum absolute atomic E-state index is 13.6. The first kappa shape index (κ1) is 24.6. The lowest BCUT2D eigenvalue weighted by atomic mass is 10.1. The van der Waals surface area contributed by atoms with Crippen molar-refractivity contribution in [1.29, 1.82) is 0 Å². The van der Waals surface area contributed by atoms with E-state index in [0.717, 1.165) is 15.4 Å². The highest BCUT2D eigenvalue weighted by molar-refractivity contribution is 7.92. The van der Waals surface area contributed by atoms with Crippen LogP contribution in [0.5, 0.6) is 5.75 Å². The molecule has 174 valence electrons. The predicted molar refractivity (Wildman–Crippen MR) is 131 cm³/mol. The van der Waals surface area contributed by atoms with Crippen LogP contribution < -0.4 is 14.4 Å². The van der Waals surface area contributed by atoms with Gasteiger partial charge in [-0.25, -0.2) is 8.42 Å². The van der Waals surface area contributed by atoms with Gasteiger partial charge in [0.2, 0.25) is 5.91 Å². The molecule has 0 saturated carbocycles. The molecule has 1 amide bonds. The van der Waals surface area contributed by atoms with Crippen molar-refractivity contribution < 1.29 is 17.9 Å². The highest BCUT2D eigenvalue weighted by Crippen LogP contribution is 2.30. The van der Waals surface area contributed by atoms with Crippen molar-refractivity contribution in [3.63, 3.8) is 0 Å². The Kier molecular flexibility index (Phi) is 7.66. The van der Waals surface area contributed by atoms with Crippen LogP contribution in [0.15, 0.2) is 71.6 Å². The van der Waals surface area contributed by atoms with E-state index in [9.17, 15) is 13.2 Å². The zero-order chi connectivity index (χ0) is 24.2. The number of para-hydroxylation sites is 1. The molecule has 33 heavy (non-hydrogen) atoms. The Labute approximate surface area is 200 Å². The standard InChI is InChI=1S/C25H27ClN2O4S/c1-17-9-13-21(14-10-17)33(30,31)28(23-15-20(26)12-11-18(23)2)16-25(29)27-19(3)22-7-5-6-8-24(22)32-4/h5-15,19H,16H2,1-4H3,(H,27,29). The zero-order valence-electron chi connectivity index (χ0n) is 19.0. The molecule has 8 heteroatoms. The Bertz CT molecular complexity index is 1240. The Morgan fingerprint density at radius 3 is 2.39 bits per heavy atom. The van der Waals surface area contributed by atoms with Gasteiger partial charge in [-0.15, -0.1) is 0 Å². The van der Waals surface area contributed by atoms with E-state index in [1.165, 1.54) is 12.1 Å². The zero-order valence-corrected chi connectivity index (χ0v) is 20.6. The number of hydrogen-bond acceptors (Lipinski definition) is 4. The van der Waals surface area contributed by atoms with Crippen LogP contribution in [0.25, 0.3) is 0 Å². The number of halogens is 1. The summed E-state index contributed by atoms with van der Waals surface area (Å²) >= 11 is 6.18. The second-order valence-corrected chi connectivity index (χ2v) is 10.1. The van der Waals surface area contributed by atoms with Crippen molar-refractivity contribution >= 4 is 33.2 Å². The van der Waals surface area contributed by atoms with Crippen LogP contribution in [0.1, 0.15) is 29.7 Å². The molecule has 0 aliphatic rings. The van der Waals surface area contributed by atoms with E-state index in [1.54, 1.807) is 44.4 Å². The summed E-state index contributed by atoms with van der Waals surface area (Å²) in [5.74, 6) is 0.184. The number of amides is 1. The third-order valence-electron chi connectivity index (χ3n) is 5.32. The largest absolute Gasteiger partial charge is 0.496 e. The monoisotopic (exact) mass is 486 g/mol. The highest BCUT2D eigenvalue weighted by atomic mass is 35.5. The first-order valence-electron chi connectivity index (χ1n) is 10.4. The van der Waals surface area contributed by atoms with Crippen LogP contribution in [-0.4, -0.2) is 28.0 Å². The Morgan fingerprint density at radius 1 is 1.06 bits per heavy atom. The molecule has 3 rings (SSSR count). The number of sulfonamides is 1. The number of aryl methyl sites for hydroxylation is 2. The summed E-state index contributed by atoms with van der Waals surface area (Å²) in [6.07, 6.45) is 0. The van der Waals surface area contributed by atoms with Crippen molar-refractivity contribution in [2.45, 2.75) is 31.7 Å². The Morgan fingerprint density at radius 2 is 1.73 bits per heavy atom. The maximum atomic E-state index is 13.6. The molecule has 0 bridgehead atoms. The number of nitrogens with one attached hydrogen (secondary N) is 1. The van der Waals surface area contributed by atoms with Gasteiger partial charge in [-0.3, -0.25) is 9.10 Å². The number of carbonyl (C=O) groups is 1. The van der Waals surface area contributed by atoms with Gasteiger partial charge in [0.25, 0.3) is 10.0 Å². The average molecular weight is 487 g/mol. The van der Waals surface area contributed by atoms with Gasteiger partial charge in [0, 0.05) is 10.6 Å². The van der Waals surface area contributed by atoms with Crippen LogP contribution >= 0.6 is 11.6 Å². The normalized spacial score (nSPS) is 12.2. The molecule has 0 fully saturated rings. The molecule has 1 atom stereocenters. The summed E-state index contributed by atoms with van der Waals surface area (Å²) in [7, 11) is -2.47. The molecule has 3 aromatic rings. The fourth-order valence-corrected chi connectivity index (χ4v) is 5.15. The summed E-state index contributed by atoms with van der Waals surface area (Å²) in [6.45, 7) is 5.07. The second-order valence-electron chi connectivity index (χ2n) is 7.79. The van der Waals surface area contributed by atoms with Crippen molar-refractivity contribution in [1.82, 2.24) is 5.32 Å². The number of hydrogen-bond donors (Lipinski definition) is 1.